The van der Waals surface area contributed by atoms with Gasteiger partial charge < -0.3 is 19.1 Å². The number of carbonyl (C=O) groups excluding carboxylic acids is 1. The van der Waals surface area contributed by atoms with E-state index in [-0.39, 0.29) is 18.4 Å². The molecule has 0 unspecified atom stereocenters. The summed E-state index contributed by atoms with van der Waals surface area (Å²) >= 11 is 0. The van der Waals surface area contributed by atoms with E-state index in [0.29, 0.717) is 29.0 Å². The molecule has 31 heavy (non-hydrogen) atoms. The smallest absolute Gasteiger partial charge is 0.257 e. The van der Waals surface area contributed by atoms with E-state index in [9.17, 15) is 4.79 Å². The van der Waals surface area contributed by atoms with Crippen molar-refractivity contribution in [1.29, 1.82) is 0 Å². The van der Waals surface area contributed by atoms with Gasteiger partial charge in [0.25, 0.3) is 11.8 Å². The number of aromatic nitrogens is 4. The highest BCUT2D eigenvalue weighted by Crippen LogP contribution is 2.21. The van der Waals surface area contributed by atoms with Crippen molar-refractivity contribution in [3.63, 3.8) is 0 Å². The first kappa shape index (κ1) is 20.3. The van der Waals surface area contributed by atoms with Gasteiger partial charge in [0.1, 0.15) is 5.75 Å². The Labute approximate surface area is 178 Å². The average molecular weight is 419 g/mol. The Morgan fingerprint density at radius 1 is 0.968 bits per heavy atom. The van der Waals surface area contributed by atoms with E-state index in [2.05, 4.69) is 25.6 Å². The molecule has 0 aliphatic carbocycles. The molecule has 0 aliphatic heterocycles. The van der Waals surface area contributed by atoms with Crippen LogP contribution in [0.25, 0.3) is 22.8 Å². The molecule has 0 saturated carbocycles. The van der Waals surface area contributed by atoms with Gasteiger partial charge in [-0.25, -0.2) is 0 Å². The Morgan fingerprint density at radius 2 is 1.68 bits per heavy atom. The van der Waals surface area contributed by atoms with Crippen LogP contribution in [0.15, 0.2) is 57.6 Å². The third-order valence-corrected chi connectivity index (χ3v) is 4.55. The van der Waals surface area contributed by atoms with Crippen LogP contribution in [0, 0.1) is 0 Å². The molecule has 0 atom stereocenters. The van der Waals surface area contributed by atoms with Gasteiger partial charge in [-0.05, 0) is 36.4 Å². The molecule has 1 amide bonds. The van der Waals surface area contributed by atoms with Crippen molar-refractivity contribution in [2.45, 2.75) is 26.3 Å². The molecular formula is C22H21N5O4. The van der Waals surface area contributed by atoms with Gasteiger partial charge in [-0.15, -0.1) is 0 Å². The lowest BCUT2D eigenvalue weighted by Gasteiger charge is -2.03. The van der Waals surface area contributed by atoms with E-state index in [1.54, 1.807) is 31.4 Å². The van der Waals surface area contributed by atoms with Gasteiger partial charge in [-0.2, -0.15) is 9.97 Å². The molecule has 2 heterocycles. The summed E-state index contributed by atoms with van der Waals surface area (Å²) in [6, 6.07) is 14.2. The minimum absolute atomic E-state index is 0.142. The Kier molecular flexibility index (Phi) is 5.74. The molecular weight excluding hydrogens is 398 g/mol. The van der Waals surface area contributed by atoms with Gasteiger partial charge in [0.2, 0.25) is 11.7 Å². The van der Waals surface area contributed by atoms with Crippen LogP contribution in [-0.2, 0) is 6.54 Å². The summed E-state index contributed by atoms with van der Waals surface area (Å²) in [6.07, 6.45) is 0. The predicted molar refractivity (Wildman–Crippen MR) is 111 cm³/mol. The van der Waals surface area contributed by atoms with Crippen molar-refractivity contribution in [3.8, 4) is 28.6 Å². The maximum atomic E-state index is 12.4. The second-order valence-electron chi connectivity index (χ2n) is 7.12. The Balaban J connectivity index is 1.37. The lowest BCUT2D eigenvalue weighted by atomic mass is 10.1. The molecule has 1 N–H and O–H groups in total. The summed E-state index contributed by atoms with van der Waals surface area (Å²) < 4.78 is 15.6. The molecule has 2 aromatic heterocycles. The van der Waals surface area contributed by atoms with Crippen molar-refractivity contribution in [3.05, 3.63) is 65.8 Å². The number of hydrogen-bond donors (Lipinski definition) is 1. The molecule has 158 valence electrons. The van der Waals surface area contributed by atoms with E-state index in [1.165, 1.54) is 0 Å². The molecule has 0 aliphatic rings. The first-order valence-electron chi connectivity index (χ1n) is 9.72. The first-order chi connectivity index (χ1) is 15.0. The zero-order valence-corrected chi connectivity index (χ0v) is 17.3. The average Bonchev–Trinajstić information content (AvgIpc) is 3.48. The van der Waals surface area contributed by atoms with Crippen LogP contribution < -0.4 is 10.1 Å². The van der Waals surface area contributed by atoms with Gasteiger partial charge in [0.15, 0.2) is 5.82 Å². The van der Waals surface area contributed by atoms with Crippen molar-refractivity contribution in [1.82, 2.24) is 25.6 Å². The van der Waals surface area contributed by atoms with E-state index in [4.69, 9.17) is 13.8 Å². The fourth-order valence-electron chi connectivity index (χ4n) is 2.80. The zero-order chi connectivity index (χ0) is 21.8. The number of benzene rings is 2. The minimum Gasteiger partial charge on any atom is -0.497 e. The van der Waals surface area contributed by atoms with Gasteiger partial charge in [-0.1, -0.05) is 36.3 Å². The number of hydrogen-bond acceptors (Lipinski definition) is 8. The van der Waals surface area contributed by atoms with Crippen molar-refractivity contribution in [2.75, 3.05) is 7.11 Å². The molecule has 9 nitrogen and oxygen atoms in total. The standard InChI is InChI=1S/C22H21N5O4/c1-13(2)21-25-19(27-30-21)14-4-6-15(7-5-14)20(28)23-12-18-24-22(31-26-18)16-8-10-17(29-3)11-9-16/h4-11,13H,12H2,1-3H3,(H,23,28). The number of amides is 1. The fraction of sp³-hybridized carbons (Fsp3) is 0.227. The fourth-order valence-corrected chi connectivity index (χ4v) is 2.80. The SMILES string of the molecule is COc1ccc(-c2nc(CNC(=O)c3ccc(-c4noc(C(C)C)n4)cc3)no2)cc1. The second-order valence-corrected chi connectivity index (χ2v) is 7.12. The van der Waals surface area contributed by atoms with Crippen LogP contribution in [0.2, 0.25) is 0 Å². The zero-order valence-electron chi connectivity index (χ0n) is 17.3. The second kappa shape index (κ2) is 8.78. The number of methoxy groups -OCH3 is 1. The van der Waals surface area contributed by atoms with Crippen LogP contribution >= 0.6 is 0 Å². The summed E-state index contributed by atoms with van der Waals surface area (Å²) in [5, 5.41) is 10.7. The van der Waals surface area contributed by atoms with E-state index >= 15 is 0 Å². The molecule has 4 rings (SSSR count). The molecule has 0 bridgehead atoms. The summed E-state index contributed by atoms with van der Waals surface area (Å²) in [5.41, 5.74) is 2.04. The predicted octanol–water partition coefficient (Wildman–Crippen LogP) is 3.85. The van der Waals surface area contributed by atoms with Gasteiger partial charge in [0.05, 0.1) is 13.7 Å². The molecule has 0 radical (unpaired) electrons. The third kappa shape index (κ3) is 4.61. The van der Waals surface area contributed by atoms with Crippen molar-refractivity contribution < 1.29 is 18.6 Å². The summed E-state index contributed by atoms with van der Waals surface area (Å²) in [4.78, 5) is 21.1. The lowest BCUT2D eigenvalue weighted by Crippen LogP contribution is -2.23. The molecule has 0 fully saturated rings. The molecule has 9 heteroatoms. The molecule has 4 aromatic rings. The number of nitrogens with zero attached hydrogens (tertiary/aromatic N) is 4. The summed E-state index contributed by atoms with van der Waals surface area (Å²) in [6.45, 7) is 4.10. The number of nitrogens with one attached hydrogen (secondary N) is 1. The summed E-state index contributed by atoms with van der Waals surface area (Å²) in [7, 11) is 1.60. The summed E-state index contributed by atoms with van der Waals surface area (Å²) in [5.74, 6) is 2.46. The first-order valence-corrected chi connectivity index (χ1v) is 9.72. The van der Waals surface area contributed by atoms with Crippen LogP contribution in [0.4, 0.5) is 0 Å². The van der Waals surface area contributed by atoms with Crippen molar-refractivity contribution >= 4 is 5.91 Å². The van der Waals surface area contributed by atoms with Crippen molar-refractivity contribution in [2.24, 2.45) is 0 Å². The molecule has 2 aromatic carbocycles. The maximum absolute atomic E-state index is 12.4. The minimum atomic E-state index is -0.252. The van der Waals surface area contributed by atoms with Gasteiger partial charge in [0, 0.05) is 22.6 Å². The lowest BCUT2D eigenvalue weighted by molar-refractivity contribution is 0.0949. The topological polar surface area (TPSA) is 116 Å². The van der Waals surface area contributed by atoms with Gasteiger partial charge >= 0.3 is 0 Å². The van der Waals surface area contributed by atoms with Crippen LogP contribution in [0.3, 0.4) is 0 Å². The molecule has 0 saturated heterocycles. The largest absolute Gasteiger partial charge is 0.497 e. The highest BCUT2D eigenvalue weighted by molar-refractivity contribution is 5.94. The highest BCUT2D eigenvalue weighted by Gasteiger charge is 2.14. The van der Waals surface area contributed by atoms with E-state index in [1.807, 2.05) is 38.1 Å². The van der Waals surface area contributed by atoms with Crippen LogP contribution in [0.5, 0.6) is 5.75 Å². The van der Waals surface area contributed by atoms with E-state index in [0.717, 1.165) is 16.9 Å². The Bertz CT molecular complexity index is 1160. The highest BCUT2D eigenvalue weighted by atomic mass is 16.5. The van der Waals surface area contributed by atoms with E-state index < -0.39 is 0 Å². The number of ether oxygens (including phenoxy) is 1. The number of rotatable bonds is 7. The Morgan fingerprint density at radius 3 is 2.32 bits per heavy atom. The third-order valence-electron chi connectivity index (χ3n) is 4.55. The van der Waals surface area contributed by atoms with Gasteiger partial charge in [-0.3, -0.25) is 4.79 Å². The quantitative estimate of drug-likeness (QED) is 0.480. The molecule has 0 spiro atoms. The van der Waals surface area contributed by atoms with Crippen LogP contribution in [0.1, 0.15) is 41.8 Å². The maximum Gasteiger partial charge on any atom is 0.257 e. The van der Waals surface area contributed by atoms with Crippen LogP contribution in [-0.4, -0.2) is 33.3 Å². The monoisotopic (exact) mass is 419 g/mol. The number of carbonyl (C=O) groups is 1. The normalized spacial score (nSPS) is 11.0. The Hall–Kier alpha value is -4.01.